The molecule has 2 aromatic heterocycles. The van der Waals surface area contributed by atoms with Crippen LogP contribution in [-0.4, -0.2) is 22.4 Å². The lowest BCUT2D eigenvalue weighted by molar-refractivity contribution is 0.0970. The average Bonchev–Trinajstić information content (AvgIpc) is 3.38. The molecule has 1 atom stereocenters. The van der Waals surface area contributed by atoms with E-state index in [1.165, 1.54) is 0 Å². The van der Waals surface area contributed by atoms with Gasteiger partial charge in [-0.1, -0.05) is 0 Å². The Bertz CT molecular complexity index is 1140. The highest BCUT2D eigenvalue weighted by Gasteiger charge is 2.30. The quantitative estimate of drug-likeness (QED) is 0.512. The predicted molar refractivity (Wildman–Crippen MR) is 97.5 cm³/mol. The first-order valence-corrected chi connectivity index (χ1v) is 8.45. The van der Waals surface area contributed by atoms with Gasteiger partial charge in [-0.25, -0.2) is 4.98 Å². The second-order valence-electron chi connectivity index (χ2n) is 6.46. The van der Waals surface area contributed by atoms with Crippen LogP contribution < -0.4 is 4.74 Å². The van der Waals surface area contributed by atoms with Crippen molar-refractivity contribution in [3.05, 3.63) is 72.4 Å². The van der Waals surface area contributed by atoms with Crippen LogP contribution in [0.3, 0.4) is 0 Å². The van der Waals surface area contributed by atoms with E-state index in [9.17, 15) is 4.79 Å². The Hall–Kier alpha value is -3.34. The van der Waals surface area contributed by atoms with Crippen molar-refractivity contribution in [2.45, 2.75) is 12.5 Å². The Kier molecular flexibility index (Phi) is 3.22. The number of nitrogens with zero attached hydrogens (tertiary/aromatic N) is 2. The van der Waals surface area contributed by atoms with Gasteiger partial charge in [0, 0.05) is 22.9 Å². The summed E-state index contributed by atoms with van der Waals surface area (Å²) in [6, 6.07) is 13.3. The number of ketones is 1. The summed E-state index contributed by atoms with van der Waals surface area (Å²) in [5, 5.41) is 0.938. The Labute approximate surface area is 149 Å². The fourth-order valence-electron chi connectivity index (χ4n) is 3.73. The number of carbonyl (C=O) groups excluding carboxylic acids is 1. The molecule has 5 rings (SSSR count). The molecule has 0 spiro atoms. The number of ether oxygens (including phenoxy) is 1. The van der Waals surface area contributed by atoms with Crippen molar-refractivity contribution in [1.82, 2.24) is 9.55 Å². The molecule has 26 heavy (non-hydrogen) atoms. The smallest absolute Gasteiger partial charge is 0.165 e. The van der Waals surface area contributed by atoms with E-state index in [-0.39, 0.29) is 11.8 Å². The summed E-state index contributed by atoms with van der Waals surface area (Å²) in [4.78, 5) is 17.2. The van der Waals surface area contributed by atoms with Crippen molar-refractivity contribution < 1.29 is 13.9 Å². The van der Waals surface area contributed by atoms with Crippen molar-refractivity contribution in [1.29, 1.82) is 0 Å². The van der Waals surface area contributed by atoms with E-state index >= 15 is 0 Å². The summed E-state index contributed by atoms with van der Waals surface area (Å²) in [7, 11) is 1.65. The molecule has 128 valence electrons. The molecule has 0 amide bonds. The molecular weight excluding hydrogens is 328 g/mol. The normalized spacial score (nSPS) is 15.0. The molecule has 0 saturated heterocycles. The molecule has 1 unspecified atom stereocenters. The Balaban J connectivity index is 1.53. The second-order valence-corrected chi connectivity index (χ2v) is 6.46. The molecule has 0 aliphatic carbocycles. The van der Waals surface area contributed by atoms with Crippen molar-refractivity contribution in [3.63, 3.8) is 0 Å². The largest absolute Gasteiger partial charge is 0.497 e. The maximum absolute atomic E-state index is 13.0. The van der Waals surface area contributed by atoms with Crippen LogP contribution in [0.4, 0.5) is 0 Å². The zero-order valence-corrected chi connectivity index (χ0v) is 14.2. The number of methoxy groups -OCH3 is 1. The molecule has 5 nitrogen and oxygen atoms in total. The molecule has 0 fully saturated rings. The van der Waals surface area contributed by atoms with Gasteiger partial charge in [-0.3, -0.25) is 4.79 Å². The SMILES string of the molecule is COc1ccc2c(c1)C(CC(=O)c1ccc3occc3c1)n1cncc1-2. The molecule has 4 aromatic rings. The number of imidazole rings is 1. The third kappa shape index (κ3) is 2.17. The Morgan fingerprint density at radius 2 is 2.15 bits per heavy atom. The zero-order chi connectivity index (χ0) is 17.7. The Morgan fingerprint density at radius 1 is 1.23 bits per heavy atom. The van der Waals surface area contributed by atoms with Gasteiger partial charge >= 0.3 is 0 Å². The van der Waals surface area contributed by atoms with Crippen LogP contribution >= 0.6 is 0 Å². The van der Waals surface area contributed by atoms with Gasteiger partial charge in [0.25, 0.3) is 0 Å². The highest BCUT2D eigenvalue weighted by Crippen LogP contribution is 2.42. The second kappa shape index (κ2) is 5.59. The standard InChI is InChI=1S/C21H16N2O3/c1-25-15-3-4-16-17(9-15)18(23-12-22-11-19(16)23)10-20(24)13-2-5-21-14(8-13)6-7-26-21/h2-9,11-12,18H,10H2,1H3. The molecule has 5 heteroatoms. The lowest BCUT2D eigenvalue weighted by Crippen LogP contribution is -2.11. The first-order valence-electron chi connectivity index (χ1n) is 8.45. The summed E-state index contributed by atoms with van der Waals surface area (Å²) in [6.45, 7) is 0. The van der Waals surface area contributed by atoms with Crippen LogP contribution in [0.25, 0.3) is 22.2 Å². The molecule has 0 N–H and O–H groups in total. The maximum Gasteiger partial charge on any atom is 0.165 e. The van der Waals surface area contributed by atoms with Crippen LogP contribution in [0.1, 0.15) is 28.4 Å². The number of carbonyl (C=O) groups is 1. The van der Waals surface area contributed by atoms with Crippen LogP contribution in [0, 0.1) is 0 Å². The van der Waals surface area contributed by atoms with Gasteiger partial charge < -0.3 is 13.7 Å². The lowest BCUT2D eigenvalue weighted by Gasteiger charge is -2.15. The monoisotopic (exact) mass is 344 g/mol. The van der Waals surface area contributed by atoms with Crippen LogP contribution in [0.15, 0.2) is 65.7 Å². The van der Waals surface area contributed by atoms with Gasteiger partial charge in [-0.2, -0.15) is 0 Å². The molecule has 2 aromatic carbocycles. The van der Waals surface area contributed by atoms with E-state index < -0.39 is 0 Å². The molecule has 1 aliphatic rings. The minimum absolute atomic E-state index is 0.0786. The summed E-state index contributed by atoms with van der Waals surface area (Å²) < 4.78 is 12.8. The zero-order valence-electron chi connectivity index (χ0n) is 14.2. The van der Waals surface area contributed by atoms with E-state index in [0.717, 1.165) is 33.5 Å². The van der Waals surface area contributed by atoms with Gasteiger partial charge in [0.15, 0.2) is 5.78 Å². The van der Waals surface area contributed by atoms with Crippen molar-refractivity contribution in [2.24, 2.45) is 0 Å². The minimum atomic E-state index is -0.0786. The summed E-state index contributed by atoms with van der Waals surface area (Å²) in [5.74, 6) is 0.883. The van der Waals surface area contributed by atoms with E-state index in [1.54, 1.807) is 19.7 Å². The van der Waals surface area contributed by atoms with E-state index in [4.69, 9.17) is 9.15 Å². The highest BCUT2D eigenvalue weighted by molar-refractivity contribution is 6.00. The van der Waals surface area contributed by atoms with Gasteiger partial charge in [0.2, 0.25) is 0 Å². The number of hydrogen-bond donors (Lipinski definition) is 0. The summed E-state index contributed by atoms with van der Waals surface area (Å²) in [5.41, 5.74) is 4.71. The minimum Gasteiger partial charge on any atom is -0.497 e. The topological polar surface area (TPSA) is 57.3 Å². The van der Waals surface area contributed by atoms with Gasteiger partial charge in [0.1, 0.15) is 11.3 Å². The molecule has 0 bridgehead atoms. The molecule has 3 heterocycles. The summed E-state index contributed by atoms with van der Waals surface area (Å²) >= 11 is 0. The fraction of sp³-hybridized carbons (Fsp3) is 0.143. The number of furan rings is 1. The number of rotatable bonds is 4. The average molecular weight is 344 g/mol. The van der Waals surface area contributed by atoms with Crippen LogP contribution in [-0.2, 0) is 0 Å². The number of benzene rings is 2. The maximum atomic E-state index is 13.0. The van der Waals surface area contributed by atoms with E-state index in [2.05, 4.69) is 9.55 Å². The number of aromatic nitrogens is 2. The number of Topliss-reactive ketones (excluding diaryl/α,β-unsaturated/α-hetero) is 1. The molecule has 0 saturated carbocycles. The fourth-order valence-corrected chi connectivity index (χ4v) is 3.73. The third-order valence-corrected chi connectivity index (χ3v) is 5.05. The van der Waals surface area contributed by atoms with Crippen molar-refractivity contribution in [3.8, 4) is 17.0 Å². The number of hydrogen-bond acceptors (Lipinski definition) is 4. The lowest BCUT2D eigenvalue weighted by atomic mass is 9.96. The first kappa shape index (κ1) is 15.0. The van der Waals surface area contributed by atoms with Crippen molar-refractivity contribution >= 4 is 16.8 Å². The van der Waals surface area contributed by atoms with Crippen LogP contribution in [0.2, 0.25) is 0 Å². The van der Waals surface area contributed by atoms with Gasteiger partial charge in [0.05, 0.1) is 37.6 Å². The van der Waals surface area contributed by atoms with Gasteiger partial charge in [-0.15, -0.1) is 0 Å². The number of fused-ring (bicyclic) bond motifs is 4. The highest BCUT2D eigenvalue weighted by atomic mass is 16.5. The molecular formula is C21H16N2O3. The first-order chi connectivity index (χ1) is 12.7. The molecule has 0 radical (unpaired) electrons. The molecule has 1 aliphatic heterocycles. The van der Waals surface area contributed by atoms with E-state index in [0.29, 0.717) is 12.0 Å². The third-order valence-electron chi connectivity index (χ3n) is 5.05. The van der Waals surface area contributed by atoms with Crippen molar-refractivity contribution in [2.75, 3.05) is 7.11 Å². The summed E-state index contributed by atoms with van der Waals surface area (Å²) in [6.07, 6.45) is 5.63. The Morgan fingerprint density at radius 3 is 3.04 bits per heavy atom. The van der Waals surface area contributed by atoms with Gasteiger partial charge in [-0.05, 0) is 48.0 Å². The van der Waals surface area contributed by atoms with E-state index in [1.807, 2.05) is 48.7 Å². The van der Waals surface area contributed by atoms with Crippen LogP contribution in [0.5, 0.6) is 5.75 Å². The predicted octanol–water partition coefficient (Wildman–Crippen LogP) is 4.48.